The maximum absolute atomic E-state index is 12.2. The van der Waals surface area contributed by atoms with Crippen LogP contribution in [0.1, 0.15) is 33.1 Å². The van der Waals surface area contributed by atoms with Gasteiger partial charge in [0.1, 0.15) is 5.54 Å². The van der Waals surface area contributed by atoms with E-state index in [-0.39, 0.29) is 12.1 Å². The lowest BCUT2D eigenvalue weighted by Crippen LogP contribution is -2.55. The molecular formula is C13H24N2O4. The number of aliphatic carboxylic acids is 1. The van der Waals surface area contributed by atoms with Crippen LogP contribution in [0.4, 0.5) is 4.79 Å². The van der Waals surface area contributed by atoms with Gasteiger partial charge >= 0.3 is 12.0 Å². The lowest BCUT2D eigenvalue weighted by molar-refractivity contribution is -0.147. The normalized spacial score (nSPS) is 19.9. The summed E-state index contributed by atoms with van der Waals surface area (Å²) in [7, 11) is 3.18. The summed E-state index contributed by atoms with van der Waals surface area (Å²) in [6.07, 6.45) is 3.19. The number of urea groups is 1. The summed E-state index contributed by atoms with van der Waals surface area (Å²) in [6.45, 7) is 4.26. The van der Waals surface area contributed by atoms with Crippen molar-refractivity contribution < 1.29 is 19.4 Å². The fourth-order valence-electron chi connectivity index (χ4n) is 1.97. The zero-order valence-corrected chi connectivity index (χ0v) is 12.2. The molecule has 1 atom stereocenters. The minimum Gasteiger partial charge on any atom is -0.480 e. The molecule has 1 fully saturated rings. The average molecular weight is 272 g/mol. The molecule has 0 aromatic rings. The molecule has 6 nitrogen and oxygen atoms in total. The van der Waals surface area contributed by atoms with Crippen molar-refractivity contribution in [3.05, 3.63) is 0 Å². The number of hydrogen-bond donors (Lipinski definition) is 1. The van der Waals surface area contributed by atoms with Crippen molar-refractivity contribution in [2.45, 2.75) is 44.8 Å². The summed E-state index contributed by atoms with van der Waals surface area (Å²) in [6, 6.07) is -0.304. The lowest BCUT2D eigenvalue weighted by Gasteiger charge is -2.36. The van der Waals surface area contributed by atoms with E-state index >= 15 is 0 Å². The van der Waals surface area contributed by atoms with Gasteiger partial charge in [0.25, 0.3) is 0 Å². The highest BCUT2D eigenvalue weighted by molar-refractivity contribution is 5.85. The van der Waals surface area contributed by atoms with Crippen molar-refractivity contribution in [1.82, 2.24) is 9.80 Å². The van der Waals surface area contributed by atoms with E-state index in [2.05, 4.69) is 0 Å². The van der Waals surface area contributed by atoms with Crippen LogP contribution in [0.3, 0.4) is 0 Å². The molecule has 1 rings (SSSR count). The first-order valence-corrected chi connectivity index (χ1v) is 6.60. The Morgan fingerprint density at radius 1 is 1.32 bits per heavy atom. The number of carboxylic acids is 1. The number of ether oxygens (including phenoxy) is 1. The number of amides is 2. The molecule has 1 saturated heterocycles. The van der Waals surface area contributed by atoms with Crippen molar-refractivity contribution in [2.75, 3.05) is 27.2 Å². The fourth-order valence-corrected chi connectivity index (χ4v) is 1.97. The van der Waals surface area contributed by atoms with E-state index in [9.17, 15) is 9.59 Å². The third-order valence-electron chi connectivity index (χ3n) is 3.73. The van der Waals surface area contributed by atoms with Gasteiger partial charge in [-0.25, -0.2) is 9.59 Å². The molecule has 19 heavy (non-hydrogen) atoms. The van der Waals surface area contributed by atoms with Gasteiger partial charge in [0.2, 0.25) is 0 Å². The van der Waals surface area contributed by atoms with Gasteiger partial charge in [0, 0.05) is 27.2 Å². The maximum Gasteiger partial charge on any atom is 0.329 e. The van der Waals surface area contributed by atoms with Crippen molar-refractivity contribution >= 4 is 12.0 Å². The average Bonchev–Trinajstić information content (AvgIpc) is 2.37. The number of carboxylic acid groups (broad SMARTS) is 1. The Morgan fingerprint density at radius 3 is 2.42 bits per heavy atom. The van der Waals surface area contributed by atoms with Crippen LogP contribution >= 0.6 is 0 Å². The van der Waals surface area contributed by atoms with E-state index in [1.807, 2.05) is 0 Å². The van der Waals surface area contributed by atoms with Gasteiger partial charge in [-0.05, 0) is 33.1 Å². The first kappa shape index (κ1) is 15.8. The number of carbonyl (C=O) groups is 2. The van der Waals surface area contributed by atoms with Crippen LogP contribution in [0.25, 0.3) is 0 Å². The van der Waals surface area contributed by atoms with E-state index in [4.69, 9.17) is 9.84 Å². The summed E-state index contributed by atoms with van der Waals surface area (Å²) in [5.74, 6) is -1.02. The molecule has 0 saturated carbocycles. The molecule has 1 aliphatic heterocycles. The predicted octanol–water partition coefficient (Wildman–Crippen LogP) is 1.40. The number of nitrogens with zero attached hydrogens (tertiary/aromatic N) is 2. The summed E-state index contributed by atoms with van der Waals surface area (Å²) >= 11 is 0. The largest absolute Gasteiger partial charge is 0.480 e. The minimum absolute atomic E-state index is 0.0593. The highest BCUT2D eigenvalue weighted by Gasteiger charge is 2.36. The van der Waals surface area contributed by atoms with Gasteiger partial charge in [-0.2, -0.15) is 0 Å². The van der Waals surface area contributed by atoms with Crippen LogP contribution in [0.15, 0.2) is 0 Å². The van der Waals surface area contributed by atoms with Gasteiger partial charge in [-0.1, -0.05) is 0 Å². The van der Waals surface area contributed by atoms with Gasteiger partial charge in [0.15, 0.2) is 0 Å². The first-order valence-electron chi connectivity index (χ1n) is 6.60. The first-order chi connectivity index (χ1) is 8.76. The summed E-state index contributed by atoms with van der Waals surface area (Å²) in [4.78, 5) is 26.1. The number of carbonyl (C=O) groups excluding carboxylic acids is 1. The predicted molar refractivity (Wildman–Crippen MR) is 71.1 cm³/mol. The van der Waals surface area contributed by atoms with Crippen molar-refractivity contribution in [2.24, 2.45) is 0 Å². The van der Waals surface area contributed by atoms with Crippen molar-refractivity contribution in [3.8, 4) is 0 Å². The second kappa shape index (κ2) is 6.23. The van der Waals surface area contributed by atoms with Crippen LogP contribution in [0, 0.1) is 0 Å². The highest BCUT2D eigenvalue weighted by atomic mass is 16.5. The molecule has 6 heteroatoms. The van der Waals surface area contributed by atoms with Gasteiger partial charge < -0.3 is 19.6 Å². The number of hydrogen-bond acceptors (Lipinski definition) is 3. The minimum atomic E-state index is -1.22. The monoisotopic (exact) mass is 272 g/mol. The maximum atomic E-state index is 12.2. The Balaban J connectivity index is 2.58. The molecule has 110 valence electrons. The Labute approximate surface area is 114 Å². The topological polar surface area (TPSA) is 70.1 Å². The van der Waals surface area contributed by atoms with Crippen LogP contribution in [0.2, 0.25) is 0 Å². The standard InChI is InChI=1S/C13H24N2O4/c1-13(2,11(16)17)15(4)12(18)14(3)9-10-7-5-6-8-19-10/h10H,5-9H2,1-4H3,(H,16,17). The van der Waals surface area contributed by atoms with Crippen LogP contribution in [-0.4, -0.2) is 65.8 Å². The molecule has 0 aromatic carbocycles. The molecule has 1 heterocycles. The SMILES string of the molecule is CN(CC1CCCCO1)C(=O)N(C)C(C)(C)C(=O)O. The van der Waals surface area contributed by atoms with Crippen LogP contribution in [0.5, 0.6) is 0 Å². The number of likely N-dealkylation sites (N-methyl/N-ethyl adjacent to an activating group) is 2. The van der Waals surface area contributed by atoms with E-state index < -0.39 is 11.5 Å². The van der Waals surface area contributed by atoms with E-state index in [1.165, 1.54) is 30.7 Å². The Bertz CT molecular complexity index is 338. The fraction of sp³-hybridized carbons (Fsp3) is 0.846. The van der Waals surface area contributed by atoms with Gasteiger partial charge in [0.05, 0.1) is 6.10 Å². The quantitative estimate of drug-likeness (QED) is 0.840. The summed E-state index contributed by atoms with van der Waals surface area (Å²) < 4.78 is 5.58. The van der Waals surface area contributed by atoms with Crippen LogP contribution < -0.4 is 0 Å². The zero-order chi connectivity index (χ0) is 14.6. The van der Waals surface area contributed by atoms with Crippen molar-refractivity contribution in [1.29, 1.82) is 0 Å². The Hall–Kier alpha value is -1.30. The Kier molecular flexibility index (Phi) is 5.17. The highest BCUT2D eigenvalue weighted by Crippen LogP contribution is 2.17. The molecule has 0 spiro atoms. The van der Waals surface area contributed by atoms with E-state index in [0.29, 0.717) is 6.54 Å². The summed E-state index contributed by atoms with van der Waals surface area (Å²) in [5, 5.41) is 9.13. The molecule has 1 N–H and O–H groups in total. The molecule has 2 amide bonds. The third kappa shape index (κ3) is 3.83. The van der Waals surface area contributed by atoms with Gasteiger partial charge in [-0.15, -0.1) is 0 Å². The molecular weight excluding hydrogens is 248 g/mol. The van der Waals surface area contributed by atoms with E-state index in [1.54, 1.807) is 7.05 Å². The third-order valence-corrected chi connectivity index (χ3v) is 3.73. The lowest BCUT2D eigenvalue weighted by atomic mass is 10.0. The van der Waals surface area contributed by atoms with Crippen LogP contribution in [-0.2, 0) is 9.53 Å². The zero-order valence-electron chi connectivity index (χ0n) is 12.2. The smallest absolute Gasteiger partial charge is 0.329 e. The van der Waals surface area contributed by atoms with Crippen molar-refractivity contribution in [3.63, 3.8) is 0 Å². The molecule has 0 bridgehead atoms. The molecule has 0 aliphatic carbocycles. The molecule has 1 aliphatic rings. The number of rotatable bonds is 4. The van der Waals surface area contributed by atoms with Gasteiger partial charge in [-0.3, -0.25) is 0 Å². The Morgan fingerprint density at radius 2 is 1.95 bits per heavy atom. The summed E-state index contributed by atoms with van der Waals surface area (Å²) in [5.41, 5.74) is -1.22. The second-order valence-electron chi connectivity index (χ2n) is 5.57. The second-order valence-corrected chi connectivity index (χ2v) is 5.57. The van der Waals surface area contributed by atoms with E-state index in [0.717, 1.165) is 25.9 Å². The molecule has 0 radical (unpaired) electrons. The molecule has 1 unspecified atom stereocenters. The molecule has 0 aromatic heterocycles.